The summed E-state index contributed by atoms with van der Waals surface area (Å²) in [6.07, 6.45) is 1.09. The SMILES string of the molecule is CC(C)(O)c1coc(S(=O)(=O)NC(=O)Cc2cccc(I)c2)c1. The van der Waals surface area contributed by atoms with Crippen molar-refractivity contribution >= 4 is 38.5 Å². The van der Waals surface area contributed by atoms with E-state index in [1.807, 2.05) is 10.8 Å². The molecular weight excluding hydrogens is 433 g/mol. The Balaban J connectivity index is 2.11. The maximum atomic E-state index is 12.1. The highest BCUT2D eigenvalue weighted by Crippen LogP contribution is 2.24. The van der Waals surface area contributed by atoms with Gasteiger partial charge < -0.3 is 9.52 Å². The van der Waals surface area contributed by atoms with Gasteiger partial charge in [-0.25, -0.2) is 4.72 Å². The third-order valence-electron chi connectivity index (χ3n) is 3.05. The van der Waals surface area contributed by atoms with E-state index in [9.17, 15) is 18.3 Å². The molecule has 0 atom stereocenters. The molecule has 0 saturated carbocycles. The van der Waals surface area contributed by atoms with Gasteiger partial charge in [0.15, 0.2) is 0 Å². The van der Waals surface area contributed by atoms with Crippen LogP contribution in [-0.2, 0) is 26.8 Å². The Morgan fingerprint density at radius 1 is 1.35 bits per heavy atom. The molecule has 0 saturated heterocycles. The number of hydrogen-bond donors (Lipinski definition) is 2. The summed E-state index contributed by atoms with van der Waals surface area (Å²) in [5.74, 6) is -0.659. The molecule has 0 spiro atoms. The van der Waals surface area contributed by atoms with E-state index >= 15 is 0 Å². The normalized spacial score (nSPS) is 12.2. The van der Waals surface area contributed by atoms with Crippen LogP contribution < -0.4 is 4.72 Å². The fourth-order valence-electron chi connectivity index (χ4n) is 1.85. The Labute approximate surface area is 148 Å². The molecule has 1 aromatic carbocycles. The summed E-state index contributed by atoms with van der Waals surface area (Å²) >= 11 is 2.11. The lowest BCUT2D eigenvalue weighted by molar-refractivity contribution is -0.118. The number of rotatable bonds is 5. The molecular formula is C15H16INO5S. The number of amides is 1. The van der Waals surface area contributed by atoms with Gasteiger partial charge in [0, 0.05) is 15.2 Å². The summed E-state index contributed by atoms with van der Waals surface area (Å²) in [5, 5.41) is 9.42. The Hall–Kier alpha value is -1.39. The van der Waals surface area contributed by atoms with E-state index in [1.54, 1.807) is 18.2 Å². The topological polar surface area (TPSA) is 96.6 Å². The number of furan rings is 1. The largest absolute Gasteiger partial charge is 0.451 e. The molecule has 23 heavy (non-hydrogen) atoms. The van der Waals surface area contributed by atoms with Gasteiger partial charge in [-0.3, -0.25) is 4.79 Å². The number of carbonyl (C=O) groups is 1. The summed E-state index contributed by atoms with van der Waals surface area (Å²) in [5.41, 5.74) is -0.216. The monoisotopic (exact) mass is 449 g/mol. The molecule has 0 aliphatic rings. The molecule has 1 aromatic heterocycles. The first kappa shape index (κ1) is 18.0. The van der Waals surface area contributed by atoms with Gasteiger partial charge in [0.25, 0.3) is 10.0 Å². The van der Waals surface area contributed by atoms with Crippen molar-refractivity contribution < 1.29 is 22.7 Å². The highest BCUT2D eigenvalue weighted by molar-refractivity contribution is 14.1. The van der Waals surface area contributed by atoms with Crippen LogP contribution in [0.5, 0.6) is 0 Å². The first-order valence-electron chi connectivity index (χ1n) is 6.69. The van der Waals surface area contributed by atoms with Crippen LogP contribution in [0.4, 0.5) is 0 Å². The molecule has 6 nitrogen and oxygen atoms in total. The van der Waals surface area contributed by atoms with Gasteiger partial charge >= 0.3 is 0 Å². The third kappa shape index (κ3) is 4.79. The standard InChI is InChI=1S/C15H16INO5S/c1-15(2,19)11-8-14(22-9-11)23(20,21)17-13(18)7-10-4-3-5-12(16)6-10/h3-6,8-9,19H,7H2,1-2H3,(H,17,18). The van der Waals surface area contributed by atoms with Crippen LogP contribution in [0.1, 0.15) is 25.0 Å². The average Bonchev–Trinajstić information content (AvgIpc) is 2.87. The Morgan fingerprint density at radius 3 is 2.61 bits per heavy atom. The van der Waals surface area contributed by atoms with Crippen molar-refractivity contribution in [3.8, 4) is 0 Å². The first-order valence-corrected chi connectivity index (χ1v) is 9.25. The molecule has 2 N–H and O–H groups in total. The van der Waals surface area contributed by atoms with Crippen LogP contribution >= 0.6 is 22.6 Å². The van der Waals surface area contributed by atoms with Gasteiger partial charge in [0.2, 0.25) is 11.0 Å². The van der Waals surface area contributed by atoms with Gasteiger partial charge in [-0.1, -0.05) is 12.1 Å². The minimum atomic E-state index is -4.11. The van der Waals surface area contributed by atoms with Crippen molar-refractivity contribution in [3.63, 3.8) is 0 Å². The van der Waals surface area contributed by atoms with E-state index in [0.29, 0.717) is 11.1 Å². The second kappa shape index (κ2) is 6.62. The van der Waals surface area contributed by atoms with E-state index in [4.69, 9.17) is 4.42 Å². The second-order valence-corrected chi connectivity index (χ2v) is 8.41. The molecule has 1 heterocycles. The van der Waals surface area contributed by atoms with Gasteiger partial charge in [0.1, 0.15) is 0 Å². The lowest BCUT2D eigenvalue weighted by Crippen LogP contribution is -2.31. The molecule has 2 aromatic rings. The summed E-state index contributed by atoms with van der Waals surface area (Å²) in [7, 11) is -4.11. The molecule has 2 rings (SSSR count). The number of hydrogen-bond acceptors (Lipinski definition) is 5. The smallest absolute Gasteiger partial charge is 0.297 e. The maximum Gasteiger partial charge on any atom is 0.297 e. The molecule has 124 valence electrons. The third-order valence-corrected chi connectivity index (χ3v) is 4.96. The van der Waals surface area contributed by atoms with E-state index in [2.05, 4.69) is 22.6 Å². The number of aliphatic hydroxyl groups is 1. The van der Waals surface area contributed by atoms with Crippen LogP contribution in [0, 0.1) is 3.57 Å². The van der Waals surface area contributed by atoms with Crippen molar-refractivity contribution in [2.45, 2.75) is 31.0 Å². The summed E-state index contributed by atoms with van der Waals surface area (Å²) in [6.45, 7) is 3.01. The van der Waals surface area contributed by atoms with Crippen molar-refractivity contribution in [1.82, 2.24) is 4.72 Å². The highest BCUT2D eigenvalue weighted by Gasteiger charge is 2.26. The molecule has 0 fully saturated rings. The summed E-state index contributed by atoms with van der Waals surface area (Å²) in [4.78, 5) is 11.9. The molecule has 0 aliphatic heterocycles. The quantitative estimate of drug-likeness (QED) is 0.683. The lowest BCUT2D eigenvalue weighted by Gasteiger charge is -2.13. The highest BCUT2D eigenvalue weighted by atomic mass is 127. The minimum Gasteiger partial charge on any atom is -0.451 e. The van der Waals surface area contributed by atoms with Gasteiger partial charge in [-0.05, 0) is 54.1 Å². The van der Waals surface area contributed by atoms with Crippen LogP contribution in [0.25, 0.3) is 0 Å². The number of benzene rings is 1. The molecule has 0 bridgehead atoms. The Kier molecular flexibility index (Phi) is 5.17. The van der Waals surface area contributed by atoms with E-state index < -0.39 is 26.6 Å². The zero-order chi connectivity index (χ0) is 17.3. The minimum absolute atomic E-state index is 0.0604. The first-order chi connectivity index (χ1) is 10.6. The van der Waals surface area contributed by atoms with Gasteiger partial charge in [-0.2, -0.15) is 8.42 Å². The number of sulfonamides is 1. The van der Waals surface area contributed by atoms with Crippen molar-refractivity contribution in [3.05, 3.63) is 51.3 Å². The van der Waals surface area contributed by atoms with Crippen LogP contribution in [0.3, 0.4) is 0 Å². The lowest BCUT2D eigenvalue weighted by atomic mass is 10.0. The molecule has 1 amide bonds. The van der Waals surface area contributed by atoms with Crippen molar-refractivity contribution in [1.29, 1.82) is 0 Å². The maximum absolute atomic E-state index is 12.1. The van der Waals surface area contributed by atoms with E-state index in [-0.39, 0.29) is 6.42 Å². The molecule has 0 unspecified atom stereocenters. The average molecular weight is 449 g/mol. The zero-order valence-electron chi connectivity index (χ0n) is 12.5. The fourth-order valence-corrected chi connectivity index (χ4v) is 3.38. The Morgan fingerprint density at radius 2 is 2.04 bits per heavy atom. The fraction of sp³-hybridized carbons (Fsp3) is 0.267. The van der Waals surface area contributed by atoms with Gasteiger partial charge in [0.05, 0.1) is 18.3 Å². The second-order valence-electron chi connectivity index (χ2n) is 5.55. The van der Waals surface area contributed by atoms with Crippen LogP contribution in [0.15, 0.2) is 46.1 Å². The van der Waals surface area contributed by atoms with Crippen molar-refractivity contribution in [2.24, 2.45) is 0 Å². The molecule has 8 heteroatoms. The number of nitrogens with one attached hydrogen (secondary N) is 1. The predicted molar refractivity (Wildman–Crippen MR) is 92.1 cm³/mol. The predicted octanol–water partition coefficient (Wildman–Crippen LogP) is 2.16. The molecule has 0 radical (unpaired) electrons. The van der Waals surface area contributed by atoms with Crippen LogP contribution in [-0.4, -0.2) is 19.4 Å². The summed E-state index contributed by atoms with van der Waals surface area (Å²) in [6, 6.07) is 8.40. The zero-order valence-corrected chi connectivity index (χ0v) is 15.5. The Bertz CT molecular complexity index is 820. The van der Waals surface area contributed by atoms with Crippen LogP contribution in [0.2, 0.25) is 0 Å². The summed E-state index contributed by atoms with van der Waals surface area (Å²) < 4.78 is 32.1. The number of halogens is 1. The van der Waals surface area contributed by atoms with E-state index in [0.717, 1.165) is 9.83 Å². The van der Waals surface area contributed by atoms with E-state index in [1.165, 1.54) is 19.9 Å². The van der Waals surface area contributed by atoms with Gasteiger partial charge in [-0.15, -0.1) is 0 Å². The van der Waals surface area contributed by atoms with Crippen molar-refractivity contribution in [2.75, 3.05) is 0 Å². The number of carbonyl (C=O) groups excluding carboxylic acids is 1. The molecule has 0 aliphatic carbocycles.